The second-order valence-corrected chi connectivity index (χ2v) is 3.00. The smallest absolute Gasteiger partial charge is 0.141 e. The van der Waals surface area contributed by atoms with Crippen LogP contribution in [0.25, 0.3) is 0 Å². The standard InChI is InChI=1S/C8H8Cl2O/c1-5-3-4-6(9)7(10)8(5)11-2/h3-4H,1-2H3. The minimum Gasteiger partial charge on any atom is -0.495 e. The topological polar surface area (TPSA) is 9.23 Å². The van der Waals surface area contributed by atoms with E-state index in [-0.39, 0.29) is 0 Å². The van der Waals surface area contributed by atoms with Crippen LogP contribution in [0.3, 0.4) is 0 Å². The molecule has 0 saturated heterocycles. The summed E-state index contributed by atoms with van der Waals surface area (Å²) in [7, 11) is 1.57. The number of aryl methyl sites for hydroxylation is 1. The van der Waals surface area contributed by atoms with Gasteiger partial charge in [0.1, 0.15) is 10.8 Å². The maximum absolute atomic E-state index is 5.84. The van der Waals surface area contributed by atoms with E-state index >= 15 is 0 Å². The quantitative estimate of drug-likeness (QED) is 0.661. The van der Waals surface area contributed by atoms with Gasteiger partial charge in [0.15, 0.2) is 0 Å². The highest BCUT2D eigenvalue weighted by Gasteiger charge is 2.06. The van der Waals surface area contributed by atoms with Crippen LogP contribution in [-0.4, -0.2) is 7.11 Å². The first kappa shape index (κ1) is 8.69. The molecule has 3 heteroatoms. The number of rotatable bonds is 1. The summed E-state index contributed by atoms with van der Waals surface area (Å²) >= 11 is 11.6. The van der Waals surface area contributed by atoms with Crippen LogP contribution < -0.4 is 4.74 Å². The van der Waals surface area contributed by atoms with Gasteiger partial charge in [0.2, 0.25) is 0 Å². The molecule has 0 N–H and O–H groups in total. The maximum atomic E-state index is 5.84. The zero-order chi connectivity index (χ0) is 8.43. The molecule has 0 aliphatic carbocycles. The predicted molar refractivity (Wildman–Crippen MR) is 47.8 cm³/mol. The summed E-state index contributed by atoms with van der Waals surface area (Å²) in [6.07, 6.45) is 0. The highest BCUT2D eigenvalue weighted by molar-refractivity contribution is 6.43. The molecule has 1 aromatic rings. The second-order valence-electron chi connectivity index (χ2n) is 2.21. The highest BCUT2D eigenvalue weighted by atomic mass is 35.5. The number of halogens is 2. The van der Waals surface area contributed by atoms with Crippen LogP contribution in [0, 0.1) is 6.92 Å². The Labute approximate surface area is 75.9 Å². The van der Waals surface area contributed by atoms with E-state index in [1.165, 1.54) is 0 Å². The Hall–Kier alpha value is -0.400. The zero-order valence-corrected chi connectivity index (χ0v) is 7.83. The first-order valence-electron chi connectivity index (χ1n) is 3.15. The molecule has 0 spiro atoms. The van der Waals surface area contributed by atoms with Crippen molar-refractivity contribution in [2.24, 2.45) is 0 Å². The summed E-state index contributed by atoms with van der Waals surface area (Å²) in [4.78, 5) is 0. The van der Waals surface area contributed by atoms with Crippen molar-refractivity contribution in [1.29, 1.82) is 0 Å². The zero-order valence-electron chi connectivity index (χ0n) is 6.32. The maximum Gasteiger partial charge on any atom is 0.141 e. The van der Waals surface area contributed by atoms with Crippen LogP contribution in [-0.2, 0) is 0 Å². The van der Waals surface area contributed by atoms with Crippen LogP contribution in [0.4, 0.5) is 0 Å². The lowest BCUT2D eigenvalue weighted by Gasteiger charge is -2.06. The molecule has 0 fully saturated rings. The third-order valence-electron chi connectivity index (χ3n) is 1.45. The monoisotopic (exact) mass is 190 g/mol. The van der Waals surface area contributed by atoms with Crippen molar-refractivity contribution in [1.82, 2.24) is 0 Å². The van der Waals surface area contributed by atoms with Gasteiger partial charge in [0, 0.05) is 0 Å². The molecule has 0 atom stereocenters. The van der Waals surface area contributed by atoms with Crippen molar-refractivity contribution >= 4 is 23.2 Å². The summed E-state index contributed by atoms with van der Waals surface area (Å²) in [5.41, 5.74) is 0.988. The van der Waals surface area contributed by atoms with E-state index in [4.69, 9.17) is 27.9 Å². The van der Waals surface area contributed by atoms with Crippen molar-refractivity contribution < 1.29 is 4.74 Å². The van der Waals surface area contributed by atoms with Crippen molar-refractivity contribution in [3.05, 3.63) is 27.7 Å². The molecular weight excluding hydrogens is 183 g/mol. The summed E-state index contributed by atoms with van der Waals surface area (Å²) in [6.45, 7) is 1.92. The molecule has 11 heavy (non-hydrogen) atoms. The number of hydrogen-bond acceptors (Lipinski definition) is 1. The molecule has 0 amide bonds. The molecule has 0 unspecified atom stereocenters. The molecule has 1 rings (SSSR count). The van der Waals surface area contributed by atoms with E-state index < -0.39 is 0 Å². The van der Waals surface area contributed by atoms with E-state index in [0.717, 1.165) is 5.56 Å². The van der Waals surface area contributed by atoms with Gasteiger partial charge < -0.3 is 4.74 Å². The van der Waals surface area contributed by atoms with Gasteiger partial charge in [-0.3, -0.25) is 0 Å². The predicted octanol–water partition coefficient (Wildman–Crippen LogP) is 3.31. The van der Waals surface area contributed by atoms with Crippen molar-refractivity contribution in [2.75, 3.05) is 7.11 Å². The fourth-order valence-electron chi connectivity index (χ4n) is 0.879. The largest absolute Gasteiger partial charge is 0.495 e. The van der Waals surface area contributed by atoms with Gasteiger partial charge in [-0.05, 0) is 18.6 Å². The second kappa shape index (κ2) is 3.33. The van der Waals surface area contributed by atoms with Crippen LogP contribution in [0.5, 0.6) is 5.75 Å². The van der Waals surface area contributed by atoms with Gasteiger partial charge in [-0.15, -0.1) is 0 Å². The van der Waals surface area contributed by atoms with Gasteiger partial charge in [-0.1, -0.05) is 29.3 Å². The van der Waals surface area contributed by atoms with Crippen molar-refractivity contribution in [3.63, 3.8) is 0 Å². The van der Waals surface area contributed by atoms with Gasteiger partial charge in [0.05, 0.1) is 12.1 Å². The van der Waals surface area contributed by atoms with Crippen LogP contribution >= 0.6 is 23.2 Å². The van der Waals surface area contributed by atoms with Crippen molar-refractivity contribution in [3.8, 4) is 5.75 Å². The minimum atomic E-state index is 0.481. The van der Waals surface area contributed by atoms with Crippen LogP contribution in [0.2, 0.25) is 10.0 Å². The van der Waals surface area contributed by atoms with E-state index in [1.54, 1.807) is 13.2 Å². The molecule has 0 aliphatic heterocycles. The first-order valence-corrected chi connectivity index (χ1v) is 3.91. The first-order chi connectivity index (χ1) is 5.16. The molecule has 0 aliphatic rings. The molecule has 0 bridgehead atoms. The summed E-state index contributed by atoms with van der Waals surface area (Å²) in [5.74, 6) is 0.652. The van der Waals surface area contributed by atoms with Gasteiger partial charge in [0.25, 0.3) is 0 Å². The van der Waals surface area contributed by atoms with E-state index in [1.807, 2.05) is 13.0 Å². The molecule has 1 nitrogen and oxygen atoms in total. The fourth-order valence-corrected chi connectivity index (χ4v) is 1.32. The Bertz CT molecular complexity index is 271. The Morgan fingerprint density at radius 1 is 1.27 bits per heavy atom. The van der Waals surface area contributed by atoms with Gasteiger partial charge in [-0.25, -0.2) is 0 Å². The molecule has 1 aromatic carbocycles. The lowest BCUT2D eigenvalue weighted by Crippen LogP contribution is -1.87. The van der Waals surface area contributed by atoms with E-state index in [0.29, 0.717) is 15.8 Å². The Kier molecular flexibility index (Phi) is 2.63. The van der Waals surface area contributed by atoms with Crippen LogP contribution in [0.15, 0.2) is 12.1 Å². The molecule has 0 heterocycles. The number of methoxy groups -OCH3 is 1. The van der Waals surface area contributed by atoms with Gasteiger partial charge in [-0.2, -0.15) is 0 Å². The normalized spacial score (nSPS) is 9.82. The molecule has 0 aromatic heterocycles. The Balaban J connectivity index is 3.29. The average molecular weight is 191 g/mol. The highest BCUT2D eigenvalue weighted by Crippen LogP contribution is 2.34. The average Bonchev–Trinajstić information content (AvgIpc) is 1.99. The SMILES string of the molecule is COc1c(C)ccc(Cl)c1Cl. The lowest BCUT2D eigenvalue weighted by atomic mass is 10.2. The summed E-state index contributed by atoms with van der Waals surface area (Å²) in [5, 5.41) is 1.00. The Morgan fingerprint density at radius 3 is 2.36 bits per heavy atom. The Morgan fingerprint density at radius 2 is 1.91 bits per heavy atom. The molecule has 0 saturated carbocycles. The van der Waals surface area contributed by atoms with Crippen LogP contribution in [0.1, 0.15) is 5.56 Å². The molecular formula is C8H8Cl2O. The third kappa shape index (κ3) is 1.60. The minimum absolute atomic E-state index is 0.481. The molecule has 60 valence electrons. The van der Waals surface area contributed by atoms with Crippen molar-refractivity contribution in [2.45, 2.75) is 6.92 Å². The summed E-state index contributed by atoms with van der Waals surface area (Å²) < 4.78 is 5.04. The number of benzene rings is 1. The van der Waals surface area contributed by atoms with E-state index in [2.05, 4.69) is 0 Å². The third-order valence-corrected chi connectivity index (χ3v) is 2.24. The number of ether oxygens (including phenoxy) is 1. The summed E-state index contributed by atoms with van der Waals surface area (Å²) in [6, 6.07) is 3.62. The van der Waals surface area contributed by atoms with Gasteiger partial charge >= 0.3 is 0 Å². The van der Waals surface area contributed by atoms with E-state index in [9.17, 15) is 0 Å². The lowest BCUT2D eigenvalue weighted by molar-refractivity contribution is 0.412. The fraction of sp³-hybridized carbons (Fsp3) is 0.250. The number of hydrogen-bond donors (Lipinski definition) is 0. The molecule has 0 radical (unpaired) electrons.